The number of hydrogen-bond donors (Lipinski definition) is 1. The third-order valence-corrected chi connectivity index (χ3v) is 6.23. The van der Waals surface area contributed by atoms with Gasteiger partial charge in [-0.1, -0.05) is 6.42 Å². The molecule has 1 saturated heterocycles. The summed E-state index contributed by atoms with van der Waals surface area (Å²) in [4.78, 5) is 21.7. The molecule has 0 bridgehead atoms. The first-order valence-corrected chi connectivity index (χ1v) is 11.9. The summed E-state index contributed by atoms with van der Waals surface area (Å²) in [6.45, 7) is 2.66. The van der Waals surface area contributed by atoms with Crippen molar-refractivity contribution in [2.24, 2.45) is 0 Å². The molecule has 2 aromatic heterocycles. The van der Waals surface area contributed by atoms with E-state index in [0.717, 1.165) is 80.9 Å². The third kappa shape index (κ3) is 5.97. The number of hydrogen-bond acceptors (Lipinski definition) is 4. The third-order valence-electron chi connectivity index (χ3n) is 6.23. The smallest absolute Gasteiger partial charge is 0.257 e. The van der Waals surface area contributed by atoms with Gasteiger partial charge >= 0.3 is 0 Å². The maximum Gasteiger partial charge on any atom is 0.257 e. The van der Waals surface area contributed by atoms with E-state index in [-0.39, 0.29) is 11.7 Å². The van der Waals surface area contributed by atoms with E-state index in [1.165, 1.54) is 18.6 Å². The number of unbranched alkanes of at least 4 members (excludes halogenated alkanes) is 2. The molecule has 0 radical (unpaired) electrons. The Morgan fingerprint density at radius 2 is 1.88 bits per heavy atom. The average Bonchev–Trinajstić information content (AvgIpc) is 3.33. The van der Waals surface area contributed by atoms with Crippen molar-refractivity contribution in [2.75, 3.05) is 31.6 Å². The first-order chi connectivity index (χ1) is 16.1. The van der Waals surface area contributed by atoms with Crippen molar-refractivity contribution in [1.82, 2.24) is 20.1 Å². The number of nitrogens with one attached hydrogen (secondary N) is 1. The molecule has 0 atom stereocenters. The lowest BCUT2D eigenvalue weighted by atomic mass is 10.1. The fraction of sp³-hybridized carbons (Fsp3) is 0.423. The molecule has 0 unspecified atom stereocenters. The van der Waals surface area contributed by atoms with Crippen LogP contribution in [0.4, 0.5) is 10.2 Å². The second-order valence-electron chi connectivity index (χ2n) is 8.74. The topological polar surface area (TPSA) is 65.1 Å². The zero-order chi connectivity index (χ0) is 23.0. The Kier molecular flexibility index (Phi) is 7.70. The predicted molar refractivity (Wildman–Crippen MR) is 129 cm³/mol. The molecule has 0 saturated carbocycles. The van der Waals surface area contributed by atoms with Crippen LogP contribution in [0.2, 0.25) is 0 Å². The van der Waals surface area contributed by atoms with E-state index in [4.69, 9.17) is 0 Å². The van der Waals surface area contributed by atoms with Gasteiger partial charge in [0.2, 0.25) is 0 Å². The molecule has 4 rings (SSSR count). The lowest BCUT2D eigenvalue weighted by molar-refractivity contribution is 0.0792. The number of aromatic amines is 1. The molecule has 0 spiro atoms. The van der Waals surface area contributed by atoms with Crippen molar-refractivity contribution < 1.29 is 9.18 Å². The number of halogens is 1. The zero-order valence-electron chi connectivity index (χ0n) is 19.3. The first kappa shape index (κ1) is 23.0. The number of aryl methyl sites for hydroxylation is 1. The molecular formula is C26H32FN5O. The minimum Gasteiger partial charge on any atom is -0.356 e. The quantitative estimate of drug-likeness (QED) is 0.463. The van der Waals surface area contributed by atoms with Gasteiger partial charge in [-0.25, -0.2) is 9.37 Å². The van der Waals surface area contributed by atoms with Crippen LogP contribution < -0.4 is 4.90 Å². The van der Waals surface area contributed by atoms with E-state index >= 15 is 0 Å². The van der Waals surface area contributed by atoms with Gasteiger partial charge in [-0.05, 0) is 81.0 Å². The van der Waals surface area contributed by atoms with Gasteiger partial charge in [-0.3, -0.25) is 9.89 Å². The molecule has 1 aliphatic heterocycles. The number of rotatable bonds is 9. The van der Waals surface area contributed by atoms with Crippen LogP contribution in [0.25, 0.3) is 11.3 Å². The highest BCUT2D eigenvalue weighted by molar-refractivity contribution is 5.98. The number of anilines is 1. The van der Waals surface area contributed by atoms with Gasteiger partial charge in [0.05, 0.1) is 11.3 Å². The SMILES string of the molecule is CN(CCCCCc1cc(-c2ccc(F)cc2)n[nH]1)C(=O)c1cccnc1N1CCCCC1. The Hall–Kier alpha value is -3.22. The van der Waals surface area contributed by atoms with Crippen molar-refractivity contribution in [1.29, 1.82) is 0 Å². The van der Waals surface area contributed by atoms with Crippen LogP contribution in [0.3, 0.4) is 0 Å². The number of amides is 1. The van der Waals surface area contributed by atoms with Crippen LogP contribution in [0.1, 0.15) is 54.6 Å². The number of pyridine rings is 1. The Morgan fingerprint density at radius 3 is 2.67 bits per heavy atom. The van der Waals surface area contributed by atoms with Crippen molar-refractivity contribution in [3.8, 4) is 11.3 Å². The molecule has 0 aliphatic carbocycles. The van der Waals surface area contributed by atoms with E-state index in [0.29, 0.717) is 5.56 Å². The minimum atomic E-state index is -0.246. The fourth-order valence-electron chi connectivity index (χ4n) is 4.33. The van der Waals surface area contributed by atoms with Gasteiger partial charge < -0.3 is 9.80 Å². The Bertz CT molecular complexity index is 1040. The van der Waals surface area contributed by atoms with Crippen LogP contribution in [-0.2, 0) is 6.42 Å². The molecule has 3 heterocycles. The fourth-order valence-corrected chi connectivity index (χ4v) is 4.33. The summed E-state index contributed by atoms with van der Waals surface area (Å²) in [6, 6.07) is 12.1. The van der Waals surface area contributed by atoms with E-state index in [9.17, 15) is 9.18 Å². The Balaban J connectivity index is 1.23. The summed E-state index contributed by atoms with van der Waals surface area (Å²) in [5.41, 5.74) is 3.50. The van der Waals surface area contributed by atoms with Crippen molar-refractivity contribution >= 4 is 11.7 Å². The highest BCUT2D eigenvalue weighted by Gasteiger charge is 2.21. The van der Waals surface area contributed by atoms with Gasteiger partial charge in [0, 0.05) is 44.1 Å². The highest BCUT2D eigenvalue weighted by Crippen LogP contribution is 2.23. The second kappa shape index (κ2) is 11.1. The lowest BCUT2D eigenvalue weighted by Gasteiger charge is -2.30. The van der Waals surface area contributed by atoms with Crippen LogP contribution in [-0.4, -0.2) is 52.7 Å². The summed E-state index contributed by atoms with van der Waals surface area (Å²) < 4.78 is 13.1. The van der Waals surface area contributed by atoms with Gasteiger partial charge in [-0.15, -0.1) is 0 Å². The van der Waals surface area contributed by atoms with E-state index in [2.05, 4.69) is 20.1 Å². The number of benzene rings is 1. The van der Waals surface area contributed by atoms with E-state index < -0.39 is 0 Å². The molecule has 33 heavy (non-hydrogen) atoms. The number of nitrogens with zero attached hydrogens (tertiary/aromatic N) is 4. The number of aromatic nitrogens is 3. The molecule has 1 N–H and O–H groups in total. The first-order valence-electron chi connectivity index (χ1n) is 11.9. The van der Waals surface area contributed by atoms with E-state index in [1.54, 1.807) is 18.3 Å². The summed E-state index contributed by atoms with van der Waals surface area (Å²) in [6.07, 6.45) is 9.21. The molecule has 1 aliphatic rings. The number of carbonyl (C=O) groups excluding carboxylic acids is 1. The molecule has 3 aromatic rings. The predicted octanol–water partition coefficient (Wildman–Crippen LogP) is 5.09. The standard InChI is InChI=1S/C26H32FN5O/c1-31(26(33)23-10-8-15-28-25(23)32-17-6-3-7-18-32)16-5-2-4-9-22-19-24(30-29-22)20-11-13-21(27)14-12-20/h8,10-15,19H,2-7,9,16-18H2,1H3,(H,29,30). The normalized spacial score (nSPS) is 13.8. The van der Waals surface area contributed by atoms with Crippen molar-refractivity contribution in [2.45, 2.75) is 44.9 Å². The van der Waals surface area contributed by atoms with Crippen molar-refractivity contribution in [3.05, 3.63) is 65.7 Å². The second-order valence-corrected chi connectivity index (χ2v) is 8.74. The minimum absolute atomic E-state index is 0.0428. The van der Waals surface area contributed by atoms with Gasteiger partial charge in [-0.2, -0.15) is 5.10 Å². The number of piperidine rings is 1. The summed E-state index contributed by atoms with van der Waals surface area (Å²) in [5.74, 6) is 0.621. The van der Waals surface area contributed by atoms with Gasteiger partial charge in [0.15, 0.2) is 0 Å². The Morgan fingerprint density at radius 1 is 1.09 bits per heavy atom. The molecule has 7 heteroatoms. The van der Waals surface area contributed by atoms with Crippen molar-refractivity contribution in [3.63, 3.8) is 0 Å². The molecule has 6 nitrogen and oxygen atoms in total. The monoisotopic (exact) mass is 449 g/mol. The summed E-state index contributed by atoms with van der Waals surface area (Å²) >= 11 is 0. The summed E-state index contributed by atoms with van der Waals surface area (Å²) in [7, 11) is 1.87. The van der Waals surface area contributed by atoms with Crippen LogP contribution in [0.15, 0.2) is 48.7 Å². The van der Waals surface area contributed by atoms with Gasteiger partial charge in [0.25, 0.3) is 5.91 Å². The molecule has 1 amide bonds. The maximum atomic E-state index is 13.1. The molecule has 174 valence electrons. The Labute approximate surface area is 194 Å². The molecule has 1 aromatic carbocycles. The number of carbonyl (C=O) groups is 1. The maximum absolute atomic E-state index is 13.1. The molecular weight excluding hydrogens is 417 g/mol. The summed E-state index contributed by atoms with van der Waals surface area (Å²) in [5, 5.41) is 7.41. The highest BCUT2D eigenvalue weighted by atomic mass is 19.1. The largest absolute Gasteiger partial charge is 0.356 e. The van der Waals surface area contributed by atoms with Gasteiger partial charge in [0.1, 0.15) is 11.6 Å². The number of H-pyrrole nitrogens is 1. The molecule has 1 fully saturated rings. The zero-order valence-corrected chi connectivity index (χ0v) is 19.3. The van der Waals surface area contributed by atoms with Crippen LogP contribution in [0, 0.1) is 5.82 Å². The average molecular weight is 450 g/mol. The lowest BCUT2D eigenvalue weighted by Crippen LogP contribution is -2.34. The van der Waals surface area contributed by atoms with E-state index in [1.807, 2.05) is 30.1 Å². The van der Waals surface area contributed by atoms with Crippen LogP contribution in [0.5, 0.6) is 0 Å². The van der Waals surface area contributed by atoms with Crippen LogP contribution >= 0.6 is 0 Å².